The Bertz CT molecular complexity index is 1410. The smallest absolute Gasteiger partial charge is 0.338 e. The maximum Gasteiger partial charge on any atom is 0.338 e. The fourth-order valence-electron chi connectivity index (χ4n) is 4.11. The first-order valence-electron chi connectivity index (χ1n) is 12.1. The summed E-state index contributed by atoms with van der Waals surface area (Å²) in [5.41, 5.74) is 0.672. The number of methoxy groups -OCH3 is 1. The van der Waals surface area contributed by atoms with Crippen molar-refractivity contribution in [3.8, 4) is 40.2 Å². The Labute approximate surface area is 232 Å². The Morgan fingerprint density at radius 2 is 1.56 bits per heavy atom. The van der Waals surface area contributed by atoms with Gasteiger partial charge < -0.3 is 59.8 Å². The van der Waals surface area contributed by atoms with E-state index in [0.29, 0.717) is 16.9 Å². The van der Waals surface area contributed by atoms with Gasteiger partial charge in [0.2, 0.25) is 6.29 Å². The van der Waals surface area contributed by atoms with Crippen LogP contribution in [0.4, 0.5) is 0 Å². The lowest BCUT2D eigenvalue weighted by atomic mass is 9.98. The molecule has 0 spiro atoms. The molecular formula is C28H28O13. The molecule has 5 atom stereocenters. The van der Waals surface area contributed by atoms with Crippen molar-refractivity contribution < 1.29 is 64.6 Å². The Kier molecular flexibility index (Phi) is 8.74. The van der Waals surface area contributed by atoms with Gasteiger partial charge >= 0.3 is 5.97 Å². The molecule has 13 nitrogen and oxygen atoms in total. The number of ether oxygens (including phenoxy) is 4. The predicted molar refractivity (Wildman–Crippen MR) is 141 cm³/mol. The molecular weight excluding hydrogens is 544 g/mol. The van der Waals surface area contributed by atoms with Crippen molar-refractivity contribution in [2.75, 3.05) is 13.7 Å². The van der Waals surface area contributed by atoms with Crippen molar-refractivity contribution in [1.29, 1.82) is 0 Å². The van der Waals surface area contributed by atoms with E-state index >= 15 is 0 Å². The van der Waals surface area contributed by atoms with E-state index in [1.165, 1.54) is 31.4 Å². The van der Waals surface area contributed by atoms with E-state index in [0.717, 1.165) is 12.1 Å². The fourth-order valence-corrected chi connectivity index (χ4v) is 4.11. The SMILES string of the molecule is COc1ccc(C=Cc2cc(O)cc(OC3OC(CO)C(O)C(OC(=O)c4cc(O)c(O)c(O)c4)C3O)c2)cc1O. The lowest BCUT2D eigenvalue weighted by Gasteiger charge is -2.41. The highest BCUT2D eigenvalue weighted by Gasteiger charge is 2.48. The molecule has 1 fully saturated rings. The molecule has 8 N–H and O–H groups in total. The van der Waals surface area contributed by atoms with Gasteiger partial charge in [0, 0.05) is 6.07 Å². The van der Waals surface area contributed by atoms with Gasteiger partial charge in [-0.1, -0.05) is 18.2 Å². The fraction of sp³-hybridized carbons (Fsp3) is 0.250. The number of phenolic OH excluding ortho intramolecular Hbond substituents is 5. The van der Waals surface area contributed by atoms with Crippen LogP contribution in [0.5, 0.6) is 40.2 Å². The largest absolute Gasteiger partial charge is 0.508 e. The predicted octanol–water partition coefficient (Wildman–Crippen LogP) is 1.44. The van der Waals surface area contributed by atoms with E-state index in [1.54, 1.807) is 24.3 Å². The third-order valence-corrected chi connectivity index (χ3v) is 6.21. The van der Waals surface area contributed by atoms with Crippen molar-refractivity contribution in [2.24, 2.45) is 0 Å². The van der Waals surface area contributed by atoms with Crippen LogP contribution in [0.2, 0.25) is 0 Å². The third kappa shape index (κ3) is 6.56. The molecule has 0 aromatic heterocycles. The molecule has 1 saturated heterocycles. The molecule has 0 radical (unpaired) electrons. The summed E-state index contributed by atoms with van der Waals surface area (Å²) in [7, 11) is 1.43. The number of hydrogen-bond acceptors (Lipinski definition) is 13. The minimum Gasteiger partial charge on any atom is -0.508 e. The third-order valence-electron chi connectivity index (χ3n) is 6.21. The monoisotopic (exact) mass is 572 g/mol. The molecule has 41 heavy (non-hydrogen) atoms. The number of carbonyl (C=O) groups is 1. The maximum absolute atomic E-state index is 12.7. The number of aliphatic hydroxyl groups excluding tert-OH is 3. The van der Waals surface area contributed by atoms with Gasteiger partial charge in [-0.25, -0.2) is 4.79 Å². The van der Waals surface area contributed by atoms with Gasteiger partial charge in [-0.15, -0.1) is 0 Å². The van der Waals surface area contributed by atoms with Gasteiger partial charge in [-0.05, 0) is 47.5 Å². The van der Waals surface area contributed by atoms with Gasteiger partial charge in [-0.3, -0.25) is 0 Å². The van der Waals surface area contributed by atoms with Gasteiger partial charge in [0.05, 0.1) is 19.3 Å². The van der Waals surface area contributed by atoms with Crippen LogP contribution in [0.3, 0.4) is 0 Å². The van der Waals surface area contributed by atoms with E-state index in [4.69, 9.17) is 18.9 Å². The molecule has 0 saturated carbocycles. The highest BCUT2D eigenvalue weighted by atomic mass is 16.7. The Morgan fingerprint density at radius 3 is 2.20 bits per heavy atom. The summed E-state index contributed by atoms with van der Waals surface area (Å²) in [6.45, 7) is -0.745. The van der Waals surface area contributed by atoms with Crippen LogP contribution in [0.25, 0.3) is 12.2 Å². The van der Waals surface area contributed by atoms with Crippen LogP contribution in [0.1, 0.15) is 21.5 Å². The average Bonchev–Trinajstić information content (AvgIpc) is 2.93. The van der Waals surface area contributed by atoms with Gasteiger partial charge in [0.25, 0.3) is 0 Å². The normalized spacial score (nSPS) is 22.4. The number of aromatic hydroxyl groups is 5. The lowest BCUT2D eigenvalue weighted by molar-refractivity contribution is -0.276. The molecule has 0 aliphatic carbocycles. The Balaban J connectivity index is 1.53. The first kappa shape index (κ1) is 29.3. The number of esters is 1. The summed E-state index contributed by atoms with van der Waals surface area (Å²) in [6.07, 6.45) is -4.90. The van der Waals surface area contributed by atoms with Gasteiger partial charge in [-0.2, -0.15) is 0 Å². The van der Waals surface area contributed by atoms with Crippen LogP contribution in [-0.2, 0) is 9.47 Å². The van der Waals surface area contributed by atoms with Crippen LogP contribution >= 0.6 is 0 Å². The van der Waals surface area contributed by atoms with E-state index in [9.17, 15) is 45.6 Å². The van der Waals surface area contributed by atoms with Crippen LogP contribution in [0.15, 0.2) is 48.5 Å². The first-order valence-corrected chi connectivity index (χ1v) is 12.1. The zero-order chi connectivity index (χ0) is 29.8. The average molecular weight is 573 g/mol. The van der Waals surface area contributed by atoms with Crippen LogP contribution in [0, 0.1) is 0 Å². The first-order chi connectivity index (χ1) is 19.5. The zero-order valence-corrected chi connectivity index (χ0v) is 21.5. The number of carbonyl (C=O) groups excluding carboxylic acids is 1. The van der Waals surface area contributed by atoms with E-state index in [1.807, 2.05) is 0 Å². The van der Waals surface area contributed by atoms with Crippen molar-refractivity contribution >= 4 is 18.1 Å². The van der Waals surface area contributed by atoms with E-state index < -0.39 is 66.1 Å². The van der Waals surface area contributed by atoms with Crippen molar-refractivity contribution in [3.63, 3.8) is 0 Å². The topological polar surface area (TPSA) is 216 Å². The summed E-state index contributed by atoms with van der Waals surface area (Å²) in [5.74, 6) is -3.62. The zero-order valence-electron chi connectivity index (χ0n) is 21.5. The molecule has 1 heterocycles. The summed E-state index contributed by atoms with van der Waals surface area (Å²) < 4.78 is 21.4. The molecule has 5 unspecified atom stereocenters. The second-order valence-electron chi connectivity index (χ2n) is 9.08. The molecule has 3 aromatic carbocycles. The lowest BCUT2D eigenvalue weighted by Crippen LogP contribution is -2.61. The Morgan fingerprint density at radius 1 is 0.878 bits per heavy atom. The molecule has 13 heteroatoms. The Hall–Kier alpha value is -4.69. The second-order valence-corrected chi connectivity index (χ2v) is 9.08. The van der Waals surface area contributed by atoms with Crippen LogP contribution in [-0.4, -0.2) is 91.2 Å². The van der Waals surface area contributed by atoms with Crippen LogP contribution < -0.4 is 9.47 Å². The standard InChI is InChI=1S/C28H28O13/c1-38-21-5-4-13(8-18(21)31)2-3-14-6-16(30)11-17(7-14)39-28-25(36)26(24(35)22(12-29)40-28)41-27(37)15-9-19(32)23(34)20(33)10-15/h2-11,22,24-26,28-36H,12H2,1H3. The van der Waals surface area contributed by atoms with Crippen molar-refractivity contribution in [3.05, 3.63) is 65.2 Å². The quantitative estimate of drug-likeness (QED) is 0.109. The molecule has 0 bridgehead atoms. The number of rotatable bonds is 8. The summed E-state index contributed by atoms with van der Waals surface area (Å²) in [4.78, 5) is 12.7. The van der Waals surface area contributed by atoms with E-state index in [2.05, 4.69) is 0 Å². The summed E-state index contributed by atoms with van der Waals surface area (Å²) >= 11 is 0. The minimum absolute atomic E-state index is 0.0119. The number of phenols is 5. The summed E-state index contributed by atoms with van der Waals surface area (Å²) in [5, 5.41) is 80.1. The number of benzene rings is 3. The highest BCUT2D eigenvalue weighted by Crippen LogP contribution is 2.36. The molecule has 1 aliphatic heterocycles. The molecule has 1 aliphatic rings. The maximum atomic E-state index is 12.7. The van der Waals surface area contributed by atoms with Crippen molar-refractivity contribution in [1.82, 2.24) is 0 Å². The number of aliphatic hydroxyl groups is 3. The highest BCUT2D eigenvalue weighted by molar-refractivity contribution is 5.91. The van der Waals surface area contributed by atoms with Gasteiger partial charge in [0.1, 0.15) is 23.7 Å². The molecule has 3 aromatic rings. The van der Waals surface area contributed by atoms with E-state index in [-0.39, 0.29) is 17.2 Å². The minimum atomic E-state index is -1.81. The number of hydrogen-bond donors (Lipinski definition) is 8. The molecule has 4 rings (SSSR count). The summed E-state index contributed by atoms with van der Waals surface area (Å²) in [6, 6.07) is 10.5. The molecule has 0 amide bonds. The van der Waals surface area contributed by atoms with Crippen molar-refractivity contribution in [2.45, 2.75) is 30.7 Å². The molecule has 218 valence electrons. The van der Waals surface area contributed by atoms with Gasteiger partial charge in [0.15, 0.2) is 41.0 Å². The second kappa shape index (κ2) is 12.2.